The first-order chi connectivity index (χ1) is 11.1. The minimum absolute atomic E-state index is 0.169. The van der Waals surface area contributed by atoms with Gasteiger partial charge >= 0.3 is 0 Å². The molecular weight excluding hydrogens is 314 g/mol. The van der Waals surface area contributed by atoms with Crippen molar-refractivity contribution in [2.75, 3.05) is 13.6 Å². The van der Waals surface area contributed by atoms with E-state index in [0.717, 1.165) is 22.7 Å². The summed E-state index contributed by atoms with van der Waals surface area (Å²) in [7, 11) is 1.72. The summed E-state index contributed by atoms with van der Waals surface area (Å²) in [5, 5.41) is 3.86. The number of aryl methyl sites for hydroxylation is 2. The van der Waals surface area contributed by atoms with Gasteiger partial charge in [0.15, 0.2) is 5.76 Å². The fourth-order valence-corrected chi connectivity index (χ4v) is 3.45. The van der Waals surface area contributed by atoms with E-state index in [1.165, 1.54) is 0 Å². The summed E-state index contributed by atoms with van der Waals surface area (Å²) in [6, 6.07) is 1.55. The largest absolute Gasteiger partial charge is 0.455 e. The molecule has 6 nitrogen and oxygen atoms in total. The number of nitrogens with one attached hydrogen (secondary N) is 1. The van der Waals surface area contributed by atoms with Gasteiger partial charge in [-0.25, -0.2) is 4.98 Å². The van der Waals surface area contributed by atoms with Crippen molar-refractivity contribution in [3.8, 4) is 0 Å². The molecule has 3 rings (SSSR count). The molecule has 0 bridgehead atoms. The third kappa shape index (κ3) is 3.29. The Balaban J connectivity index is 1.74. The Kier molecular flexibility index (Phi) is 4.47. The van der Waals surface area contributed by atoms with E-state index in [0.29, 0.717) is 30.8 Å². The Morgan fingerprint density at radius 1 is 1.52 bits per heavy atom. The number of hydrogen-bond donors (Lipinski definition) is 1. The number of rotatable bonds is 4. The van der Waals surface area contributed by atoms with Gasteiger partial charge < -0.3 is 14.6 Å². The molecule has 0 unspecified atom stereocenters. The molecule has 122 valence electrons. The van der Waals surface area contributed by atoms with Gasteiger partial charge in [-0.15, -0.1) is 11.3 Å². The molecule has 2 aromatic rings. The van der Waals surface area contributed by atoms with Crippen LogP contribution >= 0.6 is 11.3 Å². The number of fused-ring (bicyclic) bond motifs is 1. The first-order valence-electron chi connectivity index (χ1n) is 7.68. The molecule has 0 aromatic carbocycles. The lowest BCUT2D eigenvalue weighted by Crippen LogP contribution is -2.25. The van der Waals surface area contributed by atoms with E-state index in [4.69, 9.17) is 4.42 Å². The number of carbonyl (C=O) groups excluding carboxylic acids is 2. The smallest absolute Gasteiger partial charge is 0.289 e. The lowest BCUT2D eigenvalue weighted by atomic mass is 10.2. The Labute approximate surface area is 138 Å². The maximum atomic E-state index is 12.5. The number of nitrogens with zero attached hydrogens (tertiary/aromatic N) is 2. The van der Waals surface area contributed by atoms with Crippen LogP contribution in [0.2, 0.25) is 0 Å². The van der Waals surface area contributed by atoms with E-state index < -0.39 is 0 Å². The van der Waals surface area contributed by atoms with Crippen LogP contribution in [-0.2, 0) is 19.4 Å². The molecule has 0 saturated heterocycles. The maximum Gasteiger partial charge on any atom is 0.289 e. The highest BCUT2D eigenvalue weighted by Crippen LogP contribution is 2.22. The molecule has 0 radical (unpaired) electrons. The summed E-state index contributed by atoms with van der Waals surface area (Å²) in [6.45, 7) is 3.17. The Hall–Kier alpha value is -2.15. The summed E-state index contributed by atoms with van der Waals surface area (Å²) < 4.78 is 5.64. The quantitative estimate of drug-likeness (QED) is 0.931. The van der Waals surface area contributed by atoms with Gasteiger partial charge in [-0.2, -0.15) is 0 Å². The molecule has 2 amide bonds. The molecule has 1 N–H and O–H groups in total. The molecule has 23 heavy (non-hydrogen) atoms. The predicted octanol–water partition coefficient (Wildman–Crippen LogP) is 2.25. The zero-order valence-electron chi connectivity index (χ0n) is 13.2. The Morgan fingerprint density at radius 3 is 3.09 bits per heavy atom. The number of furan rings is 1. The van der Waals surface area contributed by atoms with E-state index in [1.807, 2.05) is 0 Å². The first kappa shape index (κ1) is 15.7. The van der Waals surface area contributed by atoms with Crippen LogP contribution in [0.5, 0.6) is 0 Å². The zero-order chi connectivity index (χ0) is 16.4. The average molecular weight is 333 g/mol. The minimum Gasteiger partial charge on any atom is -0.455 e. The summed E-state index contributed by atoms with van der Waals surface area (Å²) in [5.41, 5.74) is 0.477. The first-order valence-corrected chi connectivity index (χ1v) is 8.50. The highest BCUT2D eigenvalue weighted by molar-refractivity contribution is 7.11. The van der Waals surface area contributed by atoms with Crippen molar-refractivity contribution in [3.05, 3.63) is 39.2 Å². The van der Waals surface area contributed by atoms with Crippen molar-refractivity contribution in [1.82, 2.24) is 15.2 Å². The van der Waals surface area contributed by atoms with E-state index in [2.05, 4.69) is 17.2 Å². The fourth-order valence-electron chi connectivity index (χ4n) is 2.54. The van der Waals surface area contributed by atoms with Crippen molar-refractivity contribution in [2.45, 2.75) is 32.7 Å². The summed E-state index contributed by atoms with van der Waals surface area (Å²) in [6.07, 6.45) is 4.18. The van der Waals surface area contributed by atoms with Crippen molar-refractivity contribution in [2.24, 2.45) is 0 Å². The summed E-state index contributed by atoms with van der Waals surface area (Å²) in [5.74, 6) is 0.424. The van der Waals surface area contributed by atoms with Crippen LogP contribution in [0.4, 0.5) is 0 Å². The topological polar surface area (TPSA) is 75.4 Å². The second-order valence-corrected chi connectivity index (χ2v) is 6.74. The standard InChI is InChI=1S/C16H19N3O3S/c1-3-14-18-8-10(23-14)9-19(2)16(21)13-7-11-12(22-13)5-4-6-17-15(11)20/h7-8H,3-6,9H2,1-2H3,(H,17,20). The second kappa shape index (κ2) is 6.54. The van der Waals surface area contributed by atoms with Gasteiger partial charge in [-0.1, -0.05) is 6.92 Å². The van der Waals surface area contributed by atoms with Gasteiger partial charge in [0.1, 0.15) is 5.76 Å². The van der Waals surface area contributed by atoms with Crippen molar-refractivity contribution >= 4 is 23.2 Å². The lowest BCUT2D eigenvalue weighted by molar-refractivity contribution is 0.0752. The zero-order valence-corrected chi connectivity index (χ0v) is 14.0. The fraction of sp³-hybridized carbons (Fsp3) is 0.438. The normalized spacial score (nSPS) is 14.1. The molecule has 0 atom stereocenters. The molecule has 0 saturated carbocycles. The van der Waals surface area contributed by atoms with Crippen LogP contribution in [0.15, 0.2) is 16.7 Å². The number of thiazole rings is 1. The monoisotopic (exact) mass is 333 g/mol. The van der Waals surface area contributed by atoms with Crippen LogP contribution < -0.4 is 5.32 Å². The predicted molar refractivity (Wildman–Crippen MR) is 86.7 cm³/mol. The van der Waals surface area contributed by atoms with Crippen LogP contribution in [0.25, 0.3) is 0 Å². The molecule has 7 heteroatoms. The van der Waals surface area contributed by atoms with Gasteiger partial charge in [0.25, 0.3) is 11.8 Å². The van der Waals surface area contributed by atoms with E-state index >= 15 is 0 Å². The number of amides is 2. The molecule has 2 aromatic heterocycles. The highest BCUT2D eigenvalue weighted by Gasteiger charge is 2.25. The van der Waals surface area contributed by atoms with Gasteiger partial charge in [-0.3, -0.25) is 9.59 Å². The van der Waals surface area contributed by atoms with E-state index in [1.54, 1.807) is 35.5 Å². The third-order valence-electron chi connectivity index (χ3n) is 3.77. The third-order valence-corrected chi connectivity index (χ3v) is 4.90. The number of carbonyl (C=O) groups is 2. The summed E-state index contributed by atoms with van der Waals surface area (Å²) in [4.78, 5) is 31.4. The summed E-state index contributed by atoms with van der Waals surface area (Å²) >= 11 is 1.60. The molecule has 1 aliphatic heterocycles. The Morgan fingerprint density at radius 2 is 2.35 bits per heavy atom. The van der Waals surface area contributed by atoms with Crippen LogP contribution in [0.1, 0.15) is 49.9 Å². The van der Waals surface area contributed by atoms with Gasteiger partial charge in [0.05, 0.1) is 17.1 Å². The van der Waals surface area contributed by atoms with Crippen molar-refractivity contribution in [1.29, 1.82) is 0 Å². The second-order valence-electron chi connectivity index (χ2n) is 5.54. The number of hydrogen-bond acceptors (Lipinski definition) is 5. The van der Waals surface area contributed by atoms with Crippen LogP contribution in [0.3, 0.4) is 0 Å². The molecule has 0 aliphatic carbocycles. The molecule has 1 aliphatic rings. The highest BCUT2D eigenvalue weighted by atomic mass is 32.1. The molecule has 0 fully saturated rings. The number of aromatic nitrogens is 1. The molecule has 3 heterocycles. The van der Waals surface area contributed by atoms with E-state index in [-0.39, 0.29) is 17.6 Å². The minimum atomic E-state index is -0.225. The van der Waals surface area contributed by atoms with Crippen molar-refractivity contribution < 1.29 is 14.0 Å². The SMILES string of the molecule is CCc1ncc(CN(C)C(=O)c2cc3c(o2)CCCNC3=O)s1. The maximum absolute atomic E-state index is 12.5. The van der Waals surface area contributed by atoms with E-state index in [9.17, 15) is 9.59 Å². The van der Waals surface area contributed by atoms with Crippen LogP contribution in [-0.4, -0.2) is 35.3 Å². The van der Waals surface area contributed by atoms with Crippen LogP contribution in [0, 0.1) is 0 Å². The van der Waals surface area contributed by atoms with Gasteiger partial charge in [0, 0.05) is 37.2 Å². The van der Waals surface area contributed by atoms with Gasteiger partial charge in [0.2, 0.25) is 0 Å². The molecular formula is C16H19N3O3S. The molecule has 0 spiro atoms. The van der Waals surface area contributed by atoms with Crippen molar-refractivity contribution in [3.63, 3.8) is 0 Å². The van der Waals surface area contributed by atoms with Gasteiger partial charge in [-0.05, 0) is 12.8 Å². The lowest BCUT2D eigenvalue weighted by Gasteiger charge is -2.14. The Bertz CT molecular complexity index is 735. The average Bonchev–Trinajstić information content (AvgIpc) is 3.13.